The molecule has 0 amide bonds. The first-order valence-electron chi connectivity index (χ1n) is 5.73. The highest BCUT2D eigenvalue weighted by Crippen LogP contribution is 2.32. The van der Waals surface area contributed by atoms with Crippen LogP contribution in [0, 0.1) is 0 Å². The predicted molar refractivity (Wildman–Crippen MR) is 74.7 cm³/mol. The Hall–Kier alpha value is -2.07. The molecule has 0 saturated carbocycles. The molecule has 0 fully saturated rings. The number of nitrogen functional groups attached to an aromatic ring is 1. The number of rotatable bonds is 4. The highest BCUT2D eigenvalue weighted by molar-refractivity contribution is 6.30. The molecule has 2 aromatic rings. The molecule has 1 aromatic heterocycles. The Morgan fingerprint density at radius 1 is 1.37 bits per heavy atom. The minimum atomic E-state index is -0.300. The zero-order valence-electron chi connectivity index (χ0n) is 10.3. The maximum atomic E-state index is 10.9. The standard InChI is InChI=1S/C14H13ClN2O2/c1-9(8-18)13-5-11(16)2-3-14(13)19-12-4-10(15)6-17-7-12/h2-9H,16H2,1H3. The Morgan fingerprint density at radius 3 is 2.84 bits per heavy atom. The molecular weight excluding hydrogens is 264 g/mol. The summed E-state index contributed by atoms with van der Waals surface area (Å²) in [7, 11) is 0. The number of carbonyl (C=O) groups excluding carboxylic acids is 1. The van der Waals surface area contributed by atoms with Gasteiger partial charge in [-0.1, -0.05) is 18.5 Å². The summed E-state index contributed by atoms with van der Waals surface area (Å²) in [6.45, 7) is 1.78. The van der Waals surface area contributed by atoms with Crippen LogP contribution < -0.4 is 10.5 Å². The SMILES string of the molecule is CC(C=O)c1cc(N)ccc1Oc1cncc(Cl)c1. The lowest BCUT2D eigenvalue weighted by atomic mass is 10.0. The molecule has 1 atom stereocenters. The summed E-state index contributed by atoms with van der Waals surface area (Å²) in [5.74, 6) is 0.778. The van der Waals surface area contributed by atoms with Crippen LogP contribution in [0.2, 0.25) is 5.02 Å². The van der Waals surface area contributed by atoms with Crippen LogP contribution in [0.15, 0.2) is 36.7 Å². The largest absolute Gasteiger partial charge is 0.455 e. The van der Waals surface area contributed by atoms with Crippen molar-refractivity contribution in [3.8, 4) is 11.5 Å². The van der Waals surface area contributed by atoms with E-state index in [1.54, 1.807) is 37.4 Å². The first-order chi connectivity index (χ1) is 9.10. The minimum absolute atomic E-state index is 0.300. The number of ether oxygens (including phenoxy) is 1. The van der Waals surface area contributed by atoms with Gasteiger partial charge in [-0.3, -0.25) is 4.98 Å². The number of anilines is 1. The Bertz CT molecular complexity index is 602. The number of aldehydes is 1. The number of aromatic nitrogens is 1. The van der Waals surface area contributed by atoms with Gasteiger partial charge in [-0.05, 0) is 18.2 Å². The van der Waals surface area contributed by atoms with E-state index in [2.05, 4.69) is 4.98 Å². The third-order valence-electron chi connectivity index (χ3n) is 2.64. The summed E-state index contributed by atoms with van der Waals surface area (Å²) in [4.78, 5) is 14.9. The van der Waals surface area contributed by atoms with Crippen molar-refractivity contribution in [1.29, 1.82) is 0 Å². The zero-order chi connectivity index (χ0) is 13.8. The van der Waals surface area contributed by atoms with Crippen molar-refractivity contribution in [3.63, 3.8) is 0 Å². The number of halogens is 1. The number of nitrogens with zero attached hydrogens (tertiary/aromatic N) is 1. The van der Waals surface area contributed by atoms with Crippen LogP contribution in [-0.4, -0.2) is 11.3 Å². The molecule has 1 aromatic carbocycles. The van der Waals surface area contributed by atoms with E-state index in [9.17, 15) is 4.79 Å². The van der Waals surface area contributed by atoms with Crippen molar-refractivity contribution < 1.29 is 9.53 Å². The Balaban J connectivity index is 2.36. The molecule has 5 heteroatoms. The van der Waals surface area contributed by atoms with E-state index in [1.807, 2.05) is 0 Å². The summed E-state index contributed by atoms with van der Waals surface area (Å²) in [5.41, 5.74) is 7.05. The number of nitrogens with two attached hydrogens (primary N) is 1. The summed E-state index contributed by atoms with van der Waals surface area (Å²) >= 11 is 5.85. The molecule has 0 aliphatic rings. The zero-order valence-corrected chi connectivity index (χ0v) is 11.1. The van der Waals surface area contributed by atoms with Gasteiger partial charge in [-0.15, -0.1) is 0 Å². The summed E-state index contributed by atoms with van der Waals surface area (Å²) in [6, 6.07) is 6.83. The van der Waals surface area contributed by atoms with Crippen LogP contribution in [0.5, 0.6) is 11.5 Å². The van der Waals surface area contributed by atoms with E-state index < -0.39 is 0 Å². The van der Waals surface area contributed by atoms with Gasteiger partial charge < -0.3 is 15.3 Å². The van der Waals surface area contributed by atoms with E-state index in [0.29, 0.717) is 22.2 Å². The van der Waals surface area contributed by atoms with E-state index in [4.69, 9.17) is 22.1 Å². The quantitative estimate of drug-likeness (QED) is 0.686. The monoisotopic (exact) mass is 276 g/mol. The molecule has 0 aliphatic carbocycles. The lowest BCUT2D eigenvalue weighted by molar-refractivity contribution is -0.108. The Morgan fingerprint density at radius 2 is 2.16 bits per heavy atom. The van der Waals surface area contributed by atoms with Gasteiger partial charge in [0.05, 0.1) is 11.2 Å². The van der Waals surface area contributed by atoms with E-state index in [0.717, 1.165) is 11.8 Å². The van der Waals surface area contributed by atoms with Crippen molar-refractivity contribution >= 4 is 23.6 Å². The van der Waals surface area contributed by atoms with E-state index in [1.165, 1.54) is 6.20 Å². The molecule has 98 valence electrons. The summed E-state index contributed by atoms with van der Waals surface area (Å²) in [6.07, 6.45) is 3.92. The van der Waals surface area contributed by atoms with Crippen molar-refractivity contribution in [1.82, 2.24) is 4.98 Å². The van der Waals surface area contributed by atoms with Gasteiger partial charge in [0, 0.05) is 29.4 Å². The third-order valence-corrected chi connectivity index (χ3v) is 2.84. The molecule has 1 heterocycles. The minimum Gasteiger partial charge on any atom is -0.455 e. The second kappa shape index (κ2) is 5.71. The van der Waals surface area contributed by atoms with Gasteiger partial charge in [0.15, 0.2) is 0 Å². The molecule has 0 radical (unpaired) electrons. The van der Waals surface area contributed by atoms with Crippen LogP contribution in [-0.2, 0) is 4.79 Å². The molecule has 0 bridgehead atoms. The maximum Gasteiger partial charge on any atom is 0.147 e. The third kappa shape index (κ3) is 3.23. The molecule has 0 spiro atoms. The number of pyridine rings is 1. The number of benzene rings is 1. The Labute approximate surface area is 116 Å². The normalized spacial score (nSPS) is 11.9. The average Bonchev–Trinajstić information content (AvgIpc) is 2.40. The maximum absolute atomic E-state index is 10.9. The summed E-state index contributed by atoms with van der Waals surface area (Å²) < 4.78 is 5.71. The Kier molecular flexibility index (Phi) is 4.02. The van der Waals surface area contributed by atoms with E-state index >= 15 is 0 Å². The van der Waals surface area contributed by atoms with Crippen molar-refractivity contribution in [3.05, 3.63) is 47.2 Å². The number of carbonyl (C=O) groups is 1. The smallest absolute Gasteiger partial charge is 0.147 e. The topological polar surface area (TPSA) is 65.2 Å². The lowest BCUT2D eigenvalue weighted by Crippen LogP contribution is -2.00. The van der Waals surface area contributed by atoms with Crippen LogP contribution >= 0.6 is 11.6 Å². The fourth-order valence-electron chi connectivity index (χ4n) is 1.66. The predicted octanol–water partition coefficient (Wildman–Crippen LogP) is 3.41. The molecule has 19 heavy (non-hydrogen) atoms. The van der Waals surface area contributed by atoms with E-state index in [-0.39, 0.29) is 5.92 Å². The van der Waals surface area contributed by atoms with Crippen molar-refractivity contribution in [2.24, 2.45) is 0 Å². The summed E-state index contributed by atoms with van der Waals surface area (Å²) in [5, 5.41) is 0.484. The molecule has 4 nitrogen and oxygen atoms in total. The first-order valence-corrected chi connectivity index (χ1v) is 6.11. The van der Waals surface area contributed by atoms with Crippen LogP contribution in [0.25, 0.3) is 0 Å². The van der Waals surface area contributed by atoms with Gasteiger partial charge >= 0.3 is 0 Å². The molecule has 2 N–H and O–H groups in total. The van der Waals surface area contributed by atoms with Crippen LogP contribution in [0.3, 0.4) is 0 Å². The second-order valence-corrected chi connectivity index (χ2v) is 4.60. The fourth-order valence-corrected chi connectivity index (χ4v) is 1.83. The fraction of sp³-hybridized carbons (Fsp3) is 0.143. The molecule has 1 unspecified atom stereocenters. The second-order valence-electron chi connectivity index (χ2n) is 4.16. The van der Waals surface area contributed by atoms with Crippen molar-refractivity contribution in [2.75, 3.05) is 5.73 Å². The van der Waals surface area contributed by atoms with Gasteiger partial charge in [0.25, 0.3) is 0 Å². The first kappa shape index (κ1) is 13.4. The van der Waals surface area contributed by atoms with Gasteiger partial charge in [0.2, 0.25) is 0 Å². The average molecular weight is 277 g/mol. The number of hydrogen-bond acceptors (Lipinski definition) is 4. The number of hydrogen-bond donors (Lipinski definition) is 1. The molecule has 2 rings (SSSR count). The highest BCUT2D eigenvalue weighted by atomic mass is 35.5. The van der Waals surface area contributed by atoms with Gasteiger partial charge in [0.1, 0.15) is 17.8 Å². The van der Waals surface area contributed by atoms with Gasteiger partial charge in [-0.2, -0.15) is 0 Å². The van der Waals surface area contributed by atoms with Gasteiger partial charge in [-0.25, -0.2) is 0 Å². The van der Waals surface area contributed by atoms with Crippen molar-refractivity contribution in [2.45, 2.75) is 12.8 Å². The van der Waals surface area contributed by atoms with Crippen LogP contribution in [0.1, 0.15) is 18.4 Å². The molecule has 0 saturated heterocycles. The molecular formula is C14H13ClN2O2. The molecule has 0 aliphatic heterocycles. The van der Waals surface area contributed by atoms with Crippen LogP contribution in [0.4, 0.5) is 5.69 Å². The highest BCUT2D eigenvalue weighted by Gasteiger charge is 2.12. The lowest BCUT2D eigenvalue weighted by Gasteiger charge is -2.13.